The van der Waals surface area contributed by atoms with E-state index in [4.69, 9.17) is 11.6 Å². The van der Waals surface area contributed by atoms with Crippen LogP contribution in [0.15, 0.2) is 18.2 Å². The molecule has 0 aromatic heterocycles. The topological polar surface area (TPSA) is 38.3 Å². The first-order chi connectivity index (χ1) is 10.5. The molecule has 2 saturated carbocycles. The molecule has 0 unspecified atom stereocenters. The van der Waals surface area contributed by atoms with Crippen LogP contribution >= 0.6 is 11.6 Å². The van der Waals surface area contributed by atoms with Gasteiger partial charge in [-0.3, -0.25) is 4.79 Å². The van der Waals surface area contributed by atoms with Crippen LogP contribution in [0.25, 0.3) is 0 Å². The molecule has 3 atom stereocenters. The zero-order valence-electron chi connectivity index (χ0n) is 12.0. The minimum Gasteiger partial charge on any atom is -0.433 e. The van der Waals surface area contributed by atoms with Crippen molar-refractivity contribution in [1.82, 2.24) is 0 Å². The highest BCUT2D eigenvalue weighted by Gasteiger charge is 2.40. The van der Waals surface area contributed by atoms with Gasteiger partial charge in [0, 0.05) is 12.1 Å². The Morgan fingerprint density at radius 2 is 2.18 bits per heavy atom. The van der Waals surface area contributed by atoms with Gasteiger partial charge in [0.1, 0.15) is 5.75 Å². The van der Waals surface area contributed by atoms with Crippen molar-refractivity contribution in [1.29, 1.82) is 0 Å². The number of carbonyl (C=O) groups is 1. The molecule has 2 fully saturated rings. The van der Waals surface area contributed by atoms with E-state index in [1.807, 2.05) is 0 Å². The quantitative estimate of drug-likeness (QED) is 0.849. The third kappa shape index (κ3) is 3.51. The summed E-state index contributed by atoms with van der Waals surface area (Å²) in [7, 11) is 0. The molecule has 6 heteroatoms. The minimum absolute atomic E-state index is 0.0452. The van der Waals surface area contributed by atoms with Crippen LogP contribution in [0.5, 0.6) is 5.75 Å². The number of anilines is 1. The van der Waals surface area contributed by atoms with Gasteiger partial charge in [-0.1, -0.05) is 18.0 Å². The second kappa shape index (κ2) is 6.41. The first kappa shape index (κ1) is 15.5. The van der Waals surface area contributed by atoms with Crippen LogP contribution in [-0.2, 0) is 4.79 Å². The molecule has 1 aromatic carbocycles. The smallest absolute Gasteiger partial charge is 0.387 e. The van der Waals surface area contributed by atoms with Crippen LogP contribution in [0.2, 0.25) is 5.02 Å². The lowest BCUT2D eigenvalue weighted by molar-refractivity contribution is -0.117. The average Bonchev–Trinajstić information content (AvgIpc) is 3.03. The van der Waals surface area contributed by atoms with Gasteiger partial charge >= 0.3 is 6.61 Å². The Bertz CT molecular complexity index is 567. The SMILES string of the molecule is O=C(C[C@@H]1C[C@H]2CC[C@@H]1C2)Nc1ccc(OC(F)F)c(Cl)c1. The van der Waals surface area contributed by atoms with Gasteiger partial charge in [-0.15, -0.1) is 0 Å². The maximum atomic E-state index is 12.2. The van der Waals surface area contributed by atoms with Crippen LogP contribution in [-0.4, -0.2) is 12.5 Å². The van der Waals surface area contributed by atoms with Crippen molar-refractivity contribution in [3.63, 3.8) is 0 Å². The molecule has 2 aliphatic carbocycles. The number of ether oxygens (including phenoxy) is 1. The van der Waals surface area contributed by atoms with E-state index in [0.717, 1.165) is 12.3 Å². The van der Waals surface area contributed by atoms with Crippen molar-refractivity contribution >= 4 is 23.2 Å². The summed E-state index contributed by atoms with van der Waals surface area (Å²) in [5, 5.41) is 2.84. The summed E-state index contributed by atoms with van der Waals surface area (Å²) in [6.07, 6.45) is 5.50. The highest BCUT2D eigenvalue weighted by atomic mass is 35.5. The predicted molar refractivity (Wildman–Crippen MR) is 80.3 cm³/mol. The van der Waals surface area contributed by atoms with Crippen LogP contribution in [0.4, 0.5) is 14.5 Å². The molecule has 0 saturated heterocycles. The molecule has 2 bridgehead atoms. The number of halogens is 3. The van der Waals surface area contributed by atoms with Crippen molar-refractivity contribution in [2.75, 3.05) is 5.32 Å². The zero-order valence-corrected chi connectivity index (χ0v) is 12.8. The van der Waals surface area contributed by atoms with Crippen molar-refractivity contribution in [2.24, 2.45) is 17.8 Å². The molecular formula is C16H18ClF2NO2. The largest absolute Gasteiger partial charge is 0.433 e. The lowest BCUT2D eigenvalue weighted by Crippen LogP contribution is -2.20. The Morgan fingerprint density at radius 3 is 2.77 bits per heavy atom. The first-order valence-corrected chi connectivity index (χ1v) is 7.93. The normalized spacial score (nSPS) is 26.5. The number of fused-ring (bicyclic) bond motifs is 2. The molecule has 1 amide bonds. The maximum absolute atomic E-state index is 12.2. The molecule has 3 nitrogen and oxygen atoms in total. The number of carbonyl (C=O) groups excluding carboxylic acids is 1. The molecule has 22 heavy (non-hydrogen) atoms. The number of amides is 1. The summed E-state index contributed by atoms with van der Waals surface area (Å²) in [5.74, 6) is 1.85. The van der Waals surface area contributed by atoms with E-state index in [-0.39, 0.29) is 16.7 Å². The average molecular weight is 330 g/mol. The third-order valence-electron chi connectivity index (χ3n) is 4.76. The van der Waals surface area contributed by atoms with E-state index in [0.29, 0.717) is 23.9 Å². The molecule has 0 spiro atoms. The van der Waals surface area contributed by atoms with Gasteiger partial charge < -0.3 is 10.1 Å². The van der Waals surface area contributed by atoms with E-state index in [1.165, 1.54) is 37.5 Å². The molecule has 0 heterocycles. The predicted octanol–water partition coefficient (Wildman–Crippen LogP) is 4.71. The summed E-state index contributed by atoms with van der Waals surface area (Å²) in [5.41, 5.74) is 0.500. The highest BCUT2D eigenvalue weighted by molar-refractivity contribution is 6.32. The van der Waals surface area contributed by atoms with Crippen molar-refractivity contribution in [2.45, 2.75) is 38.7 Å². The second-order valence-corrected chi connectivity index (χ2v) is 6.62. The molecule has 0 aliphatic heterocycles. The Morgan fingerprint density at radius 1 is 1.36 bits per heavy atom. The van der Waals surface area contributed by atoms with Crippen LogP contribution in [0.1, 0.15) is 32.1 Å². The van der Waals surface area contributed by atoms with E-state index in [1.54, 1.807) is 0 Å². The Hall–Kier alpha value is -1.36. The van der Waals surface area contributed by atoms with Gasteiger partial charge in [0.15, 0.2) is 0 Å². The Kier molecular flexibility index (Phi) is 4.52. The summed E-state index contributed by atoms with van der Waals surface area (Å²) >= 11 is 5.87. The fraction of sp³-hybridized carbons (Fsp3) is 0.562. The lowest BCUT2D eigenvalue weighted by Gasteiger charge is -2.21. The molecule has 1 N–H and O–H groups in total. The number of rotatable bonds is 5. The molecular weight excluding hydrogens is 312 g/mol. The molecule has 2 aliphatic rings. The van der Waals surface area contributed by atoms with Crippen LogP contribution in [0.3, 0.4) is 0 Å². The van der Waals surface area contributed by atoms with Crippen molar-refractivity contribution in [3.05, 3.63) is 23.2 Å². The van der Waals surface area contributed by atoms with Gasteiger partial charge in [-0.25, -0.2) is 0 Å². The Balaban J connectivity index is 1.56. The van der Waals surface area contributed by atoms with E-state index >= 15 is 0 Å². The van der Waals surface area contributed by atoms with Gasteiger partial charge in [0.2, 0.25) is 5.91 Å². The second-order valence-electron chi connectivity index (χ2n) is 6.21. The van der Waals surface area contributed by atoms with Gasteiger partial charge in [-0.2, -0.15) is 8.78 Å². The monoisotopic (exact) mass is 329 g/mol. The lowest BCUT2D eigenvalue weighted by atomic mass is 9.86. The van der Waals surface area contributed by atoms with E-state index in [9.17, 15) is 13.6 Å². The highest BCUT2D eigenvalue weighted by Crippen LogP contribution is 2.49. The maximum Gasteiger partial charge on any atom is 0.387 e. The van der Waals surface area contributed by atoms with E-state index < -0.39 is 6.61 Å². The number of alkyl halides is 2. The molecule has 1 aromatic rings. The van der Waals surface area contributed by atoms with Crippen molar-refractivity contribution in [3.8, 4) is 5.75 Å². The fourth-order valence-electron chi connectivity index (χ4n) is 3.85. The van der Waals surface area contributed by atoms with Gasteiger partial charge in [0.25, 0.3) is 0 Å². The fourth-order valence-corrected chi connectivity index (χ4v) is 4.07. The Labute approximate surface area is 133 Å². The third-order valence-corrected chi connectivity index (χ3v) is 5.06. The number of hydrogen-bond acceptors (Lipinski definition) is 2. The summed E-state index contributed by atoms with van der Waals surface area (Å²) < 4.78 is 28.6. The molecule has 3 rings (SSSR count). The van der Waals surface area contributed by atoms with Crippen LogP contribution in [0, 0.1) is 17.8 Å². The van der Waals surface area contributed by atoms with Gasteiger partial charge in [-0.05, 0) is 55.2 Å². The zero-order chi connectivity index (χ0) is 15.7. The van der Waals surface area contributed by atoms with Crippen molar-refractivity contribution < 1.29 is 18.3 Å². The molecule has 0 radical (unpaired) electrons. The first-order valence-electron chi connectivity index (χ1n) is 7.55. The number of nitrogens with one attached hydrogen (secondary N) is 1. The van der Waals surface area contributed by atoms with E-state index in [2.05, 4.69) is 10.1 Å². The standard InChI is InChI=1S/C16H18ClF2NO2/c17-13-8-12(3-4-14(13)22-16(18)19)20-15(21)7-11-6-9-1-2-10(11)5-9/h3-4,8-11,16H,1-2,5-7H2,(H,20,21)/t9-,10+,11-/m0/s1. The van der Waals surface area contributed by atoms with Crippen LogP contribution < -0.4 is 10.1 Å². The number of benzene rings is 1. The summed E-state index contributed by atoms with van der Waals surface area (Å²) in [6.45, 7) is -2.92. The summed E-state index contributed by atoms with van der Waals surface area (Å²) in [4.78, 5) is 12.1. The molecule has 120 valence electrons. The summed E-state index contributed by atoms with van der Waals surface area (Å²) in [6, 6.07) is 4.28. The van der Waals surface area contributed by atoms with Gasteiger partial charge in [0.05, 0.1) is 5.02 Å². The minimum atomic E-state index is -2.92. The number of hydrogen-bond donors (Lipinski definition) is 1.